The summed E-state index contributed by atoms with van der Waals surface area (Å²) in [6.07, 6.45) is 0.657. The molecule has 1 atom stereocenters. The van der Waals surface area contributed by atoms with Gasteiger partial charge in [0, 0.05) is 38.8 Å². The molecule has 0 unspecified atom stereocenters. The average Bonchev–Trinajstić information content (AvgIpc) is 3.46. The Bertz CT molecular complexity index is 1930. The van der Waals surface area contributed by atoms with Crippen LogP contribution in [0.5, 0.6) is 11.5 Å². The van der Waals surface area contributed by atoms with E-state index in [9.17, 15) is 28.6 Å². The van der Waals surface area contributed by atoms with E-state index < -0.39 is 26.5 Å². The average molecular weight is 629 g/mol. The number of anilines is 1. The molecule has 1 aromatic heterocycles. The number of benzene rings is 3. The third-order valence-corrected chi connectivity index (χ3v) is 9.84. The number of primary amides is 1. The number of piperazine rings is 1. The molecule has 45 heavy (non-hydrogen) atoms. The van der Waals surface area contributed by atoms with Gasteiger partial charge in [-0.25, -0.2) is 13.1 Å². The predicted octanol–water partition coefficient (Wildman–Crippen LogP) is 3.41. The molecule has 3 aromatic carbocycles. The van der Waals surface area contributed by atoms with Crippen molar-refractivity contribution in [3.63, 3.8) is 0 Å². The highest BCUT2D eigenvalue weighted by molar-refractivity contribution is 7.89. The van der Waals surface area contributed by atoms with E-state index in [2.05, 4.69) is 16.3 Å². The van der Waals surface area contributed by atoms with Crippen molar-refractivity contribution >= 4 is 27.3 Å². The largest absolute Gasteiger partial charge is 0.456 e. The van der Waals surface area contributed by atoms with Crippen LogP contribution in [0, 0.1) is 21.4 Å². The van der Waals surface area contributed by atoms with E-state index in [1.807, 2.05) is 0 Å². The van der Waals surface area contributed by atoms with Crippen LogP contribution < -0.4 is 15.8 Å². The zero-order valence-electron chi connectivity index (χ0n) is 23.9. The number of hydrogen-bond acceptors (Lipinski definition) is 10. The molecule has 0 aliphatic carbocycles. The summed E-state index contributed by atoms with van der Waals surface area (Å²) < 4.78 is 35.3. The van der Waals surface area contributed by atoms with Gasteiger partial charge in [0.05, 0.1) is 27.9 Å². The number of nitrogens with two attached hydrogens (primary N) is 1. The number of hydrogen-bond donors (Lipinski definition) is 2. The summed E-state index contributed by atoms with van der Waals surface area (Å²) in [7, 11) is -4.08. The van der Waals surface area contributed by atoms with Gasteiger partial charge in [-0.1, -0.05) is 24.3 Å². The molecule has 2 aliphatic rings. The Balaban J connectivity index is 1.23. The highest BCUT2D eigenvalue weighted by Crippen LogP contribution is 2.38. The maximum absolute atomic E-state index is 13.3. The molecule has 0 bridgehead atoms. The van der Waals surface area contributed by atoms with Crippen LogP contribution in [-0.2, 0) is 10.0 Å². The number of nitriles is 1. The van der Waals surface area contributed by atoms with Gasteiger partial charge < -0.3 is 15.8 Å². The van der Waals surface area contributed by atoms with Crippen molar-refractivity contribution in [2.45, 2.75) is 17.4 Å². The lowest BCUT2D eigenvalue weighted by molar-refractivity contribution is -0.387. The van der Waals surface area contributed by atoms with Gasteiger partial charge >= 0.3 is 0 Å². The number of nitrogens with zero attached hydrogens (tertiary/aromatic N) is 6. The molecule has 1 fully saturated rings. The predicted molar refractivity (Wildman–Crippen MR) is 163 cm³/mol. The number of nitro groups is 1. The third-order valence-electron chi connectivity index (χ3n) is 7.89. The summed E-state index contributed by atoms with van der Waals surface area (Å²) >= 11 is 0. The molecule has 15 heteroatoms. The zero-order chi connectivity index (χ0) is 31.7. The number of aromatic nitrogens is 2. The number of nitro benzene ring substituents is 1. The second kappa shape index (κ2) is 12.0. The highest BCUT2D eigenvalue weighted by atomic mass is 32.2. The van der Waals surface area contributed by atoms with E-state index in [4.69, 9.17) is 15.6 Å². The number of amides is 1. The van der Waals surface area contributed by atoms with Gasteiger partial charge in [0.25, 0.3) is 11.6 Å². The van der Waals surface area contributed by atoms with Crippen molar-refractivity contribution < 1.29 is 22.9 Å². The Morgan fingerprint density at radius 3 is 2.42 bits per heavy atom. The van der Waals surface area contributed by atoms with Crippen LogP contribution in [0.3, 0.4) is 0 Å². The van der Waals surface area contributed by atoms with Gasteiger partial charge in [-0.15, -0.1) is 0 Å². The Morgan fingerprint density at radius 1 is 1.04 bits per heavy atom. The number of rotatable bonds is 8. The fourth-order valence-corrected chi connectivity index (χ4v) is 7.31. The minimum atomic E-state index is -4.08. The van der Waals surface area contributed by atoms with E-state index in [-0.39, 0.29) is 29.7 Å². The number of carbonyl (C=O) groups excluding carboxylic acids is 1. The van der Waals surface area contributed by atoms with Crippen LogP contribution in [0.2, 0.25) is 0 Å². The summed E-state index contributed by atoms with van der Waals surface area (Å²) in [6, 6.07) is 21.0. The number of fused-ring (bicyclic) bond motifs is 1. The standard InChI is InChI=1S/C30H28N8O6S/c31-19-20-5-1-3-7-25(20)44-22-11-9-21(10-12-22)37-29(30(32)39)28-27(34-37)24(13-14-33-28)35-15-17-36(18-16-35)45(42,43)26-8-4-2-6-23(26)38(40)41/h1-12,24,33H,13-18H2,(H2,32,39)/t24-/m1/s1. The number of nitrogens with one attached hydrogen (secondary N) is 1. The highest BCUT2D eigenvalue weighted by Gasteiger charge is 2.38. The topological polar surface area (TPSA) is 190 Å². The van der Waals surface area contributed by atoms with E-state index in [0.717, 1.165) is 0 Å². The smallest absolute Gasteiger partial charge is 0.289 e. The van der Waals surface area contributed by atoms with Gasteiger partial charge in [-0.3, -0.25) is 19.8 Å². The lowest BCUT2D eigenvalue weighted by atomic mass is 10.0. The second-order valence-corrected chi connectivity index (χ2v) is 12.4. The van der Waals surface area contributed by atoms with Crippen LogP contribution in [0.15, 0.2) is 77.7 Å². The second-order valence-electron chi connectivity index (χ2n) is 10.5. The maximum Gasteiger partial charge on any atom is 0.289 e. The molecule has 14 nitrogen and oxygen atoms in total. The summed E-state index contributed by atoms with van der Waals surface area (Å²) in [5.74, 6) is 0.242. The molecule has 4 aromatic rings. The number of ether oxygens (including phenoxy) is 1. The lowest BCUT2D eigenvalue weighted by Gasteiger charge is -2.39. The van der Waals surface area contributed by atoms with Gasteiger partial charge in [0.15, 0.2) is 10.6 Å². The minimum absolute atomic E-state index is 0.132. The molecule has 0 radical (unpaired) electrons. The molecule has 0 saturated carbocycles. The Morgan fingerprint density at radius 2 is 1.73 bits per heavy atom. The van der Waals surface area contributed by atoms with Gasteiger partial charge in [-0.2, -0.15) is 14.7 Å². The molecule has 230 valence electrons. The quantitative estimate of drug-likeness (QED) is 0.216. The zero-order valence-corrected chi connectivity index (χ0v) is 24.7. The molecule has 1 saturated heterocycles. The van der Waals surface area contributed by atoms with Crippen LogP contribution in [0.1, 0.15) is 34.2 Å². The summed E-state index contributed by atoms with van der Waals surface area (Å²) in [6.45, 7) is 1.53. The lowest BCUT2D eigenvalue weighted by Crippen LogP contribution is -2.50. The molecule has 2 aliphatic heterocycles. The Hall–Kier alpha value is -5.30. The van der Waals surface area contributed by atoms with Crippen LogP contribution in [-0.4, -0.2) is 71.0 Å². The molecule has 1 amide bonds. The van der Waals surface area contributed by atoms with Gasteiger partial charge in [0.2, 0.25) is 10.0 Å². The molecule has 3 N–H and O–H groups in total. The molecule has 6 rings (SSSR count). The first-order valence-corrected chi connectivity index (χ1v) is 15.5. The minimum Gasteiger partial charge on any atom is -0.456 e. The van der Waals surface area contributed by atoms with Crippen molar-refractivity contribution in [2.24, 2.45) is 5.73 Å². The van der Waals surface area contributed by atoms with Crippen LogP contribution in [0.4, 0.5) is 11.4 Å². The van der Waals surface area contributed by atoms with Crippen molar-refractivity contribution in [1.29, 1.82) is 5.26 Å². The Labute approximate surface area is 258 Å². The van der Waals surface area contributed by atoms with Crippen molar-refractivity contribution in [3.05, 3.63) is 99.9 Å². The van der Waals surface area contributed by atoms with E-state index in [1.54, 1.807) is 48.5 Å². The SMILES string of the molecule is N#Cc1ccccc1Oc1ccc(-n2nc3c(c2C(N)=O)NCC[C@H]3N2CCN(S(=O)(=O)c3ccccc3[N+](=O)[O-])CC2)cc1. The maximum atomic E-state index is 13.3. The Kier molecular flexibility index (Phi) is 7.94. The summed E-state index contributed by atoms with van der Waals surface area (Å²) in [4.78, 5) is 25.2. The molecular weight excluding hydrogens is 600 g/mol. The number of carbonyl (C=O) groups is 1. The number of sulfonamides is 1. The van der Waals surface area contributed by atoms with Gasteiger partial charge in [-0.05, 0) is 48.9 Å². The normalized spacial score (nSPS) is 17.1. The van der Waals surface area contributed by atoms with Crippen molar-refractivity contribution in [1.82, 2.24) is 19.0 Å². The van der Waals surface area contributed by atoms with E-state index in [1.165, 1.54) is 33.3 Å². The van der Waals surface area contributed by atoms with E-state index in [0.29, 0.717) is 60.2 Å². The van der Waals surface area contributed by atoms with Crippen molar-refractivity contribution in [2.75, 3.05) is 38.0 Å². The first-order chi connectivity index (χ1) is 21.7. The fraction of sp³-hybridized carbons (Fsp3) is 0.233. The third kappa shape index (κ3) is 5.57. The first kappa shape index (κ1) is 29.8. The van der Waals surface area contributed by atoms with Gasteiger partial charge in [0.1, 0.15) is 23.3 Å². The van der Waals surface area contributed by atoms with Crippen LogP contribution >= 0.6 is 0 Å². The van der Waals surface area contributed by atoms with Crippen molar-refractivity contribution in [3.8, 4) is 23.3 Å². The fourth-order valence-electron chi connectivity index (χ4n) is 5.73. The first-order valence-electron chi connectivity index (χ1n) is 14.1. The molecular formula is C30H28N8O6S. The number of para-hydroxylation sites is 2. The summed E-state index contributed by atoms with van der Waals surface area (Å²) in [5, 5.41) is 28.9. The van der Waals surface area contributed by atoms with Crippen LogP contribution in [0.25, 0.3) is 5.69 Å². The monoisotopic (exact) mass is 628 g/mol. The molecule has 0 spiro atoms. The van der Waals surface area contributed by atoms with E-state index >= 15 is 0 Å². The summed E-state index contributed by atoms with van der Waals surface area (Å²) in [5.41, 5.74) is 7.68. The molecule has 3 heterocycles.